The van der Waals surface area contributed by atoms with Crippen molar-refractivity contribution < 1.29 is 14.3 Å². The number of benzene rings is 1. The fourth-order valence-corrected chi connectivity index (χ4v) is 2.42. The van der Waals surface area contributed by atoms with E-state index < -0.39 is 11.4 Å². The summed E-state index contributed by atoms with van der Waals surface area (Å²) in [6.07, 6.45) is 0.601. The van der Waals surface area contributed by atoms with Gasteiger partial charge in [0.05, 0.1) is 29.9 Å². The Balaban J connectivity index is 2.19. The van der Waals surface area contributed by atoms with E-state index in [0.717, 1.165) is 0 Å². The second-order valence-electron chi connectivity index (χ2n) is 4.59. The van der Waals surface area contributed by atoms with Gasteiger partial charge in [-0.1, -0.05) is 6.92 Å². The van der Waals surface area contributed by atoms with Crippen LogP contribution in [0.2, 0.25) is 0 Å². The number of halogens is 2. The van der Waals surface area contributed by atoms with E-state index in [1.54, 1.807) is 0 Å². The number of nitrogens with zero attached hydrogens (tertiary/aromatic N) is 1. The van der Waals surface area contributed by atoms with Crippen molar-refractivity contribution in [2.45, 2.75) is 18.9 Å². The van der Waals surface area contributed by atoms with Gasteiger partial charge in [-0.2, -0.15) is 0 Å². The smallest absolute Gasteiger partial charge is 0.255 e. The fourth-order valence-electron chi connectivity index (χ4n) is 1.93. The molecule has 1 saturated heterocycles. The third kappa shape index (κ3) is 2.22. The molecule has 0 bridgehead atoms. The van der Waals surface area contributed by atoms with Crippen LogP contribution in [0.5, 0.6) is 0 Å². The number of hydrogen-bond donors (Lipinski definition) is 2. The second kappa shape index (κ2) is 4.51. The first kappa shape index (κ1) is 13.3. The summed E-state index contributed by atoms with van der Waals surface area (Å²) in [6, 6.07) is 2.49. The third-order valence-corrected chi connectivity index (χ3v) is 3.89. The molecule has 0 radical (unpaired) electrons. The quantitative estimate of drug-likeness (QED) is 0.817. The average molecular weight is 317 g/mol. The van der Waals surface area contributed by atoms with E-state index in [1.165, 1.54) is 17.0 Å². The lowest BCUT2D eigenvalue weighted by Gasteiger charge is -2.46. The minimum atomic E-state index is -0.784. The topological polar surface area (TPSA) is 66.6 Å². The summed E-state index contributed by atoms with van der Waals surface area (Å²) < 4.78 is 13.5. The summed E-state index contributed by atoms with van der Waals surface area (Å²) in [5, 5.41) is 9.86. The van der Waals surface area contributed by atoms with E-state index in [-0.39, 0.29) is 11.6 Å². The Bertz CT molecular complexity index is 501. The van der Waals surface area contributed by atoms with E-state index in [2.05, 4.69) is 15.9 Å². The van der Waals surface area contributed by atoms with Crippen molar-refractivity contribution in [2.75, 3.05) is 18.8 Å². The number of amides is 1. The molecule has 1 amide bonds. The molecule has 4 nitrogen and oxygen atoms in total. The minimum absolute atomic E-state index is 0.0622. The minimum Gasteiger partial charge on any atom is -0.396 e. The van der Waals surface area contributed by atoms with E-state index in [0.29, 0.717) is 29.5 Å². The highest BCUT2D eigenvalue weighted by Gasteiger charge is 2.42. The van der Waals surface area contributed by atoms with E-state index in [4.69, 9.17) is 5.73 Å². The Morgan fingerprint density at radius 2 is 2.22 bits per heavy atom. The van der Waals surface area contributed by atoms with Crippen LogP contribution >= 0.6 is 15.9 Å². The van der Waals surface area contributed by atoms with Crippen molar-refractivity contribution in [2.24, 2.45) is 0 Å². The number of nitrogens with two attached hydrogens (primary N) is 1. The molecule has 3 N–H and O–H groups in total. The summed E-state index contributed by atoms with van der Waals surface area (Å²) in [5.41, 5.74) is 4.92. The van der Waals surface area contributed by atoms with Crippen molar-refractivity contribution >= 4 is 27.5 Å². The number of β-amino-alcohol motifs (C(OH)–C–C–N with tert-alkyl or cyclic N) is 1. The van der Waals surface area contributed by atoms with Crippen LogP contribution in [0.1, 0.15) is 23.7 Å². The Labute approximate surface area is 113 Å². The zero-order chi connectivity index (χ0) is 13.5. The van der Waals surface area contributed by atoms with Crippen LogP contribution in [0.4, 0.5) is 10.1 Å². The maximum atomic E-state index is 13.2. The lowest BCUT2D eigenvalue weighted by molar-refractivity contribution is -0.0826. The van der Waals surface area contributed by atoms with Gasteiger partial charge in [0.2, 0.25) is 0 Å². The zero-order valence-corrected chi connectivity index (χ0v) is 11.5. The predicted molar refractivity (Wildman–Crippen MR) is 69.7 cm³/mol. The summed E-state index contributed by atoms with van der Waals surface area (Å²) in [6.45, 7) is 2.46. The Morgan fingerprint density at radius 1 is 1.61 bits per heavy atom. The molecular weight excluding hydrogens is 303 g/mol. The Hall–Kier alpha value is -1.14. The van der Waals surface area contributed by atoms with Crippen LogP contribution in [0.3, 0.4) is 0 Å². The largest absolute Gasteiger partial charge is 0.396 e. The molecule has 1 heterocycles. The number of anilines is 1. The summed E-state index contributed by atoms with van der Waals surface area (Å²) in [7, 11) is 0. The van der Waals surface area contributed by atoms with E-state index in [1.807, 2.05) is 6.92 Å². The fraction of sp³-hybridized carbons (Fsp3) is 0.417. The first-order chi connectivity index (χ1) is 8.36. The third-order valence-electron chi connectivity index (χ3n) is 3.23. The van der Waals surface area contributed by atoms with Gasteiger partial charge in [-0.25, -0.2) is 4.39 Å². The molecule has 0 aromatic heterocycles. The number of hydrogen-bond acceptors (Lipinski definition) is 3. The van der Waals surface area contributed by atoms with Gasteiger partial charge < -0.3 is 15.7 Å². The molecule has 0 aliphatic carbocycles. The number of aliphatic hydroxyl groups is 1. The van der Waals surface area contributed by atoms with Crippen LogP contribution in [-0.2, 0) is 0 Å². The highest BCUT2D eigenvalue weighted by molar-refractivity contribution is 9.10. The average Bonchev–Trinajstić information content (AvgIpc) is 2.29. The summed E-state index contributed by atoms with van der Waals surface area (Å²) in [4.78, 5) is 13.6. The standard InChI is InChI=1S/C12H14BrFN2O2/c1-2-12(18)5-16(6-12)11(17)7-3-10(15)9(14)4-8(7)13/h3-4,18H,2,5-6,15H2,1H3. The maximum Gasteiger partial charge on any atom is 0.255 e. The maximum absolute atomic E-state index is 13.2. The molecule has 98 valence electrons. The predicted octanol–water partition coefficient (Wildman–Crippen LogP) is 1.77. The highest BCUT2D eigenvalue weighted by atomic mass is 79.9. The molecule has 0 saturated carbocycles. The van der Waals surface area contributed by atoms with E-state index >= 15 is 0 Å². The molecule has 0 unspecified atom stereocenters. The number of likely N-dealkylation sites (tertiary alicyclic amines) is 1. The normalized spacial score (nSPS) is 17.4. The first-order valence-corrected chi connectivity index (χ1v) is 6.42. The Kier molecular flexibility index (Phi) is 3.33. The van der Waals surface area contributed by atoms with Gasteiger partial charge in [-0.05, 0) is 34.5 Å². The van der Waals surface area contributed by atoms with Crippen LogP contribution in [0.15, 0.2) is 16.6 Å². The molecule has 0 atom stereocenters. The molecule has 1 aliphatic heterocycles. The number of carbonyl (C=O) groups excluding carboxylic acids is 1. The van der Waals surface area contributed by atoms with Crippen molar-refractivity contribution in [3.63, 3.8) is 0 Å². The molecule has 1 aliphatic rings. The molecule has 1 fully saturated rings. The summed E-state index contributed by atoms with van der Waals surface area (Å²) >= 11 is 3.14. The molecule has 18 heavy (non-hydrogen) atoms. The molecule has 0 spiro atoms. The van der Waals surface area contributed by atoms with Gasteiger partial charge in [0.1, 0.15) is 5.82 Å². The second-order valence-corrected chi connectivity index (χ2v) is 5.45. The van der Waals surface area contributed by atoms with Crippen LogP contribution in [0.25, 0.3) is 0 Å². The van der Waals surface area contributed by atoms with Crippen LogP contribution in [-0.4, -0.2) is 34.6 Å². The first-order valence-electron chi connectivity index (χ1n) is 5.62. The van der Waals surface area contributed by atoms with Crippen LogP contribution < -0.4 is 5.73 Å². The van der Waals surface area contributed by atoms with Gasteiger partial charge >= 0.3 is 0 Å². The van der Waals surface area contributed by atoms with Gasteiger partial charge in [0, 0.05) is 4.47 Å². The van der Waals surface area contributed by atoms with Gasteiger partial charge in [0.25, 0.3) is 5.91 Å². The number of rotatable bonds is 2. The highest BCUT2D eigenvalue weighted by Crippen LogP contribution is 2.29. The van der Waals surface area contributed by atoms with Crippen molar-refractivity contribution in [3.8, 4) is 0 Å². The Morgan fingerprint density at radius 3 is 2.78 bits per heavy atom. The van der Waals surface area contributed by atoms with Gasteiger partial charge in [0.15, 0.2) is 0 Å². The van der Waals surface area contributed by atoms with Crippen LogP contribution in [0, 0.1) is 5.82 Å². The zero-order valence-electron chi connectivity index (χ0n) is 9.91. The monoisotopic (exact) mass is 316 g/mol. The lowest BCUT2D eigenvalue weighted by Crippen LogP contribution is -2.63. The SMILES string of the molecule is CCC1(O)CN(C(=O)c2cc(N)c(F)cc2Br)C1. The number of carbonyl (C=O) groups is 1. The van der Waals surface area contributed by atoms with E-state index in [9.17, 15) is 14.3 Å². The molecular formula is C12H14BrFN2O2. The van der Waals surface area contributed by atoms with Gasteiger partial charge in [-0.15, -0.1) is 0 Å². The molecule has 1 aromatic carbocycles. The lowest BCUT2D eigenvalue weighted by atomic mass is 9.90. The molecule has 6 heteroatoms. The summed E-state index contributed by atoms with van der Waals surface area (Å²) in [5.74, 6) is -0.821. The van der Waals surface area contributed by atoms with Crippen molar-refractivity contribution in [1.29, 1.82) is 0 Å². The molecule has 2 rings (SSSR count). The van der Waals surface area contributed by atoms with Crippen molar-refractivity contribution in [1.82, 2.24) is 4.90 Å². The van der Waals surface area contributed by atoms with Gasteiger partial charge in [-0.3, -0.25) is 4.79 Å². The molecule has 1 aromatic rings. The number of nitrogen functional groups attached to an aromatic ring is 1. The van der Waals surface area contributed by atoms with Crippen molar-refractivity contribution in [3.05, 3.63) is 28.0 Å².